The molecule has 0 fully saturated rings. The maximum Gasteiger partial charge on any atom is 0.260 e. The number of benzene rings is 2. The Morgan fingerprint density at radius 2 is 1.77 bits per heavy atom. The molecule has 0 bridgehead atoms. The summed E-state index contributed by atoms with van der Waals surface area (Å²) < 4.78 is 35.9. The highest BCUT2D eigenvalue weighted by Gasteiger charge is 2.23. The van der Waals surface area contributed by atoms with Crippen molar-refractivity contribution >= 4 is 50.5 Å². The predicted molar refractivity (Wildman–Crippen MR) is 123 cm³/mol. The standard InChI is InChI=1S/C20H23Cl2N3O5S/c1-5-16(13-6-9-18(29-2)19(10-13)30-3)23-24-20(26)12-25(31(4,27)28)17-11-14(21)7-8-15(17)22/h6-11H,5,12H2,1-4H3,(H,24,26)/b23-16-. The zero-order chi connectivity index (χ0) is 23.2. The first-order chi connectivity index (χ1) is 14.6. The molecule has 11 heteroatoms. The van der Waals surface area contributed by atoms with Gasteiger partial charge in [0.05, 0.1) is 36.9 Å². The molecule has 2 rings (SSSR count). The molecule has 0 aliphatic heterocycles. The third kappa shape index (κ3) is 6.49. The fourth-order valence-electron chi connectivity index (χ4n) is 2.72. The zero-order valence-corrected chi connectivity index (χ0v) is 19.8. The van der Waals surface area contributed by atoms with E-state index in [1.54, 1.807) is 18.2 Å². The molecule has 0 atom stereocenters. The van der Waals surface area contributed by atoms with Gasteiger partial charge in [-0.2, -0.15) is 5.10 Å². The lowest BCUT2D eigenvalue weighted by Gasteiger charge is -2.22. The van der Waals surface area contributed by atoms with Crippen LogP contribution in [0, 0.1) is 0 Å². The van der Waals surface area contributed by atoms with Crippen molar-refractivity contribution in [3.05, 3.63) is 52.0 Å². The highest BCUT2D eigenvalue weighted by molar-refractivity contribution is 7.92. The Bertz CT molecular complexity index is 1090. The Morgan fingerprint density at radius 3 is 2.35 bits per heavy atom. The van der Waals surface area contributed by atoms with Crippen LogP contribution in [0.5, 0.6) is 11.5 Å². The highest BCUT2D eigenvalue weighted by atomic mass is 35.5. The zero-order valence-electron chi connectivity index (χ0n) is 17.5. The number of ether oxygens (including phenoxy) is 2. The van der Waals surface area contributed by atoms with Crippen molar-refractivity contribution in [1.82, 2.24) is 5.43 Å². The van der Waals surface area contributed by atoms with Gasteiger partial charge in [-0.25, -0.2) is 13.8 Å². The monoisotopic (exact) mass is 487 g/mol. The van der Waals surface area contributed by atoms with Crippen molar-refractivity contribution in [3.63, 3.8) is 0 Å². The summed E-state index contributed by atoms with van der Waals surface area (Å²) in [6, 6.07) is 9.61. The van der Waals surface area contributed by atoms with E-state index in [2.05, 4.69) is 10.5 Å². The number of carbonyl (C=O) groups is 1. The fourth-order valence-corrected chi connectivity index (χ4v) is 4.01. The van der Waals surface area contributed by atoms with E-state index in [1.165, 1.54) is 32.4 Å². The molecule has 0 aliphatic carbocycles. The lowest BCUT2D eigenvalue weighted by molar-refractivity contribution is -0.119. The quantitative estimate of drug-likeness (QED) is 0.429. The minimum Gasteiger partial charge on any atom is -0.493 e. The van der Waals surface area contributed by atoms with Crippen LogP contribution in [0.2, 0.25) is 10.0 Å². The molecule has 0 unspecified atom stereocenters. The summed E-state index contributed by atoms with van der Waals surface area (Å²) in [6.07, 6.45) is 1.48. The molecule has 2 aromatic carbocycles. The van der Waals surface area contributed by atoms with Gasteiger partial charge >= 0.3 is 0 Å². The van der Waals surface area contributed by atoms with Crippen LogP contribution in [0.25, 0.3) is 0 Å². The molecule has 1 amide bonds. The maximum atomic E-state index is 12.5. The van der Waals surface area contributed by atoms with Gasteiger partial charge in [-0.15, -0.1) is 0 Å². The molecule has 8 nitrogen and oxygen atoms in total. The van der Waals surface area contributed by atoms with Crippen molar-refractivity contribution in [2.75, 3.05) is 31.3 Å². The number of halogens is 2. The Balaban J connectivity index is 2.25. The second-order valence-corrected chi connectivity index (χ2v) is 9.13. The van der Waals surface area contributed by atoms with E-state index in [0.717, 1.165) is 16.1 Å². The van der Waals surface area contributed by atoms with E-state index >= 15 is 0 Å². The number of nitrogens with one attached hydrogen (secondary N) is 1. The maximum absolute atomic E-state index is 12.5. The third-order valence-electron chi connectivity index (χ3n) is 4.23. The molecular formula is C20H23Cl2N3O5S. The number of anilines is 1. The molecule has 168 valence electrons. The molecule has 1 N–H and O–H groups in total. The number of rotatable bonds is 9. The van der Waals surface area contributed by atoms with Crippen LogP contribution in [0.1, 0.15) is 18.9 Å². The Morgan fingerprint density at radius 1 is 1.10 bits per heavy atom. The Hall–Kier alpha value is -2.49. The van der Waals surface area contributed by atoms with E-state index in [1.807, 2.05) is 6.92 Å². The molecule has 0 radical (unpaired) electrons. The predicted octanol–water partition coefficient (Wildman–Crippen LogP) is 3.71. The normalized spacial score (nSPS) is 11.7. The fraction of sp³-hybridized carbons (Fsp3) is 0.300. The van der Waals surface area contributed by atoms with Crippen molar-refractivity contribution in [3.8, 4) is 11.5 Å². The van der Waals surface area contributed by atoms with Crippen LogP contribution in [-0.2, 0) is 14.8 Å². The van der Waals surface area contributed by atoms with Crippen LogP contribution < -0.4 is 19.2 Å². The van der Waals surface area contributed by atoms with Gasteiger partial charge in [0.2, 0.25) is 10.0 Å². The summed E-state index contributed by atoms with van der Waals surface area (Å²) in [7, 11) is -0.760. The minimum atomic E-state index is -3.81. The number of methoxy groups -OCH3 is 2. The smallest absolute Gasteiger partial charge is 0.260 e. The van der Waals surface area contributed by atoms with Gasteiger partial charge in [0.15, 0.2) is 11.5 Å². The summed E-state index contributed by atoms with van der Waals surface area (Å²) >= 11 is 12.1. The average Bonchev–Trinajstić information content (AvgIpc) is 2.73. The minimum absolute atomic E-state index is 0.103. The highest BCUT2D eigenvalue weighted by Crippen LogP contribution is 2.30. The number of sulfonamides is 1. The first-order valence-corrected chi connectivity index (χ1v) is 11.7. The molecule has 0 aliphatic rings. The first kappa shape index (κ1) is 24.8. The van der Waals surface area contributed by atoms with E-state index in [4.69, 9.17) is 32.7 Å². The SMILES string of the molecule is CC/C(=N/NC(=O)CN(c1cc(Cl)ccc1Cl)S(C)(=O)=O)c1ccc(OC)c(OC)c1. The number of hydrogen-bond acceptors (Lipinski definition) is 6. The molecule has 31 heavy (non-hydrogen) atoms. The number of hydrogen-bond donors (Lipinski definition) is 1. The molecule has 0 aromatic heterocycles. The van der Waals surface area contributed by atoms with Gasteiger partial charge in [-0.05, 0) is 42.8 Å². The van der Waals surface area contributed by atoms with Crippen LogP contribution in [0.4, 0.5) is 5.69 Å². The molecular weight excluding hydrogens is 465 g/mol. The lowest BCUT2D eigenvalue weighted by Crippen LogP contribution is -2.39. The van der Waals surface area contributed by atoms with Gasteiger partial charge in [-0.3, -0.25) is 9.10 Å². The Kier molecular flexibility index (Phi) is 8.55. The molecule has 2 aromatic rings. The summed E-state index contributed by atoms with van der Waals surface area (Å²) in [6.45, 7) is 1.35. The summed E-state index contributed by atoms with van der Waals surface area (Å²) in [5, 5.41) is 4.58. The third-order valence-corrected chi connectivity index (χ3v) is 5.91. The summed E-state index contributed by atoms with van der Waals surface area (Å²) in [5.74, 6) is 0.437. The molecule has 0 spiro atoms. The number of carbonyl (C=O) groups excluding carboxylic acids is 1. The largest absolute Gasteiger partial charge is 0.493 e. The summed E-state index contributed by atoms with van der Waals surface area (Å²) in [4.78, 5) is 12.5. The molecule has 0 heterocycles. The van der Waals surface area contributed by atoms with Gasteiger partial charge in [0.25, 0.3) is 5.91 Å². The topological polar surface area (TPSA) is 97.3 Å². The van der Waals surface area contributed by atoms with Gasteiger partial charge in [-0.1, -0.05) is 30.1 Å². The number of amides is 1. The van der Waals surface area contributed by atoms with E-state index in [9.17, 15) is 13.2 Å². The van der Waals surface area contributed by atoms with Crippen LogP contribution >= 0.6 is 23.2 Å². The Labute approximate surface area is 191 Å². The summed E-state index contributed by atoms with van der Waals surface area (Å²) in [5.41, 5.74) is 3.79. The molecule has 0 saturated heterocycles. The van der Waals surface area contributed by atoms with Gasteiger partial charge in [0, 0.05) is 10.6 Å². The lowest BCUT2D eigenvalue weighted by atomic mass is 10.1. The van der Waals surface area contributed by atoms with Crippen LogP contribution in [0.3, 0.4) is 0 Å². The van der Waals surface area contributed by atoms with E-state index in [0.29, 0.717) is 23.6 Å². The van der Waals surface area contributed by atoms with E-state index < -0.39 is 22.5 Å². The van der Waals surface area contributed by atoms with E-state index in [-0.39, 0.29) is 15.7 Å². The van der Waals surface area contributed by atoms with Crippen molar-refractivity contribution in [1.29, 1.82) is 0 Å². The van der Waals surface area contributed by atoms with Gasteiger partial charge < -0.3 is 9.47 Å². The van der Waals surface area contributed by atoms with Crippen molar-refractivity contribution in [2.24, 2.45) is 5.10 Å². The number of nitrogens with zero attached hydrogens (tertiary/aromatic N) is 2. The molecule has 0 saturated carbocycles. The second kappa shape index (κ2) is 10.7. The first-order valence-electron chi connectivity index (χ1n) is 9.11. The van der Waals surface area contributed by atoms with Crippen LogP contribution in [-0.4, -0.2) is 47.1 Å². The number of hydrazone groups is 1. The average molecular weight is 488 g/mol. The van der Waals surface area contributed by atoms with Crippen molar-refractivity contribution < 1.29 is 22.7 Å². The second-order valence-electron chi connectivity index (χ2n) is 6.38. The van der Waals surface area contributed by atoms with Gasteiger partial charge in [0.1, 0.15) is 6.54 Å². The van der Waals surface area contributed by atoms with Crippen molar-refractivity contribution in [2.45, 2.75) is 13.3 Å². The van der Waals surface area contributed by atoms with Crippen LogP contribution in [0.15, 0.2) is 41.5 Å².